The van der Waals surface area contributed by atoms with Crippen molar-refractivity contribution in [3.63, 3.8) is 0 Å². The number of aliphatic carboxylic acids is 1. The highest BCUT2D eigenvalue weighted by molar-refractivity contribution is 6.08. The molecule has 1 atom stereocenters. The number of rotatable bonds is 3. The minimum atomic E-state index is -1.17. The third kappa shape index (κ3) is 2.07. The Hall–Kier alpha value is -1.59. The van der Waals surface area contributed by atoms with Gasteiger partial charge in [-0.3, -0.25) is 14.5 Å². The number of nitrogens with one attached hydrogen (secondary N) is 1. The molecule has 2 N–H and O–H groups in total. The number of urea groups is 1. The van der Waals surface area contributed by atoms with Crippen LogP contribution < -0.4 is 5.32 Å². The van der Waals surface area contributed by atoms with Crippen molar-refractivity contribution in [3.05, 3.63) is 0 Å². The quantitative estimate of drug-likeness (QED) is 0.734. The van der Waals surface area contributed by atoms with E-state index in [-0.39, 0.29) is 5.92 Å². The minimum absolute atomic E-state index is 0.112. The first-order valence-electron chi connectivity index (χ1n) is 6.31. The van der Waals surface area contributed by atoms with Crippen molar-refractivity contribution < 1.29 is 19.5 Å². The van der Waals surface area contributed by atoms with E-state index in [4.69, 9.17) is 5.11 Å². The summed E-state index contributed by atoms with van der Waals surface area (Å²) in [4.78, 5) is 35.4. The summed E-state index contributed by atoms with van der Waals surface area (Å²) in [6.45, 7) is 1.15. The molecule has 2 fully saturated rings. The van der Waals surface area contributed by atoms with Crippen molar-refractivity contribution in [1.29, 1.82) is 0 Å². The molecular formula is C12H18N2O4. The van der Waals surface area contributed by atoms with E-state index >= 15 is 0 Å². The van der Waals surface area contributed by atoms with E-state index in [1.54, 1.807) is 6.92 Å². The van der Waals surface area contributed by atoms with E-state index < -0.39 is 30.0 Å². The van der Waals surface area contributed by atoms with Crippen LogP contribution in [0.5, 0.6) is 0 Å². The first kappa shape index (κ1) is 12.9. The first-order chi connectivity index (χ1) is 8.45. The molecule has 2 aliphatic rings. The Morgan fingerprint density at radius 1 is 1.39 bits per heavy atom. The van der Waals surface area contributed by atoms with Gasteiger partial charge in [0.05, 0.1) is 0 Å². The molecule has 18 heavy (non-hydrogen) atoms. The monoisotopic (exact) mass is 254 g/mol. The summed E-state index contributed by atoms with van der Waals surface area (Å²) in [5.74, 6) is -1.46. The Morgan fingerprint density at radius 3 is 2.56 bits per heavy atom. The molecule has 100 valence electrons. The molecule has 0 aromatic rings. The normalized spacial score (nSPS) is 29.5. The fraction of sp³-hybridized carbons (Fsp3) is 0.750. The fourth-order valence-electron chi connectivity index (χ4n) is 2.95. The van der Waals surface area contributed by atoms with Gasteiger partial charge in [0.25, 0.3) is 5.91 Å². The van der Waals surface area contributed by atoms with Crippen LogP contribution in [0.1, 0.15) is 39.0 Å². The standard InChI is InChI=1S/C12H18N2O4/c1-12(8-5-3-2-4-6-8)10(17)14(7-9(15)16)11(18)13-12/h8H,2-7H2,1H3,(H,13,18)(H,15,16). The summed E-state index contributed by atoms with van der Waals surface area (Å²) in [6, 6.07) is -0.588. The number of carboxylic acids is 1. The van der Waals surface area contributed by atoms with Crippen LogP contribution in [0.15, 0.2) is 0 Å². The average Bonchev–Trinajstić information content (AvgIpc) is 2.55. The summed E-state index contributed by atoms with van der Waals surface area (Å²) in [7, 11) is 0. The summed E-state index contributed by atoms with van der Waals surface area (Å²) in [5, 5.41) is 11.4. The Labute approximate surface area is 105 Å². The molecule has 0 bridgehead atoms. The molecule has 0 aromatic heterocycles. The number of carbonyl (C=O) groups is 3. The molecule has 1 unspecified atom stereocenters. The molecule has 1 aliphatic heterocycles. The van der Waals surface area contributed by atoms with Gasteiger partial charge in [-0.15, -0.1) is 0 Å². The van der Waals surface area contributed by atoms with Gasteiger partial charge in [0.15, 0.2) is 0 Å². The molecule has 1 aliphatic carbocycles. The Morgan fingerprint density at radius 2 is 2.00 bits per heavy atom. The van der Waals surface area contributed by atoms with Crippen LogP contribution in [0.4, 0.5) is 4.79 Å². The molecule has 0 radical (unpaired) electrons. The van der Waals surface area contributed by atoms with Crippen LogP contribution in [0, 0.1) is 5.92 Å². The van der Waals surface area contributed by atoms with Crippen LogP contribution in [-0.2, 0) is 9.59 Å². The van der Waals surface area contributed by atoms with Crippen LogP contribution in [-0.4, -0.2) is 40.0 Å². The summed E-state index contributed by atoms with van der Waals surface area (Å²) >= 11 is 0. The second-order valence-electron chi connectivity index (χ2n) is 5.25. The van der Waals surface area contributed by atoms with Crippen molar-refractivity contribution >= 4 is 17.9 Å². The number of amides is 3. The van der Waals surface area contributed by atoms with Crippen molar-refractivity contribution in [2.75, 3.05) is 6.54 Å². The van der Waals surface area contributed by atoms with Crippen LogP contribution in [0.25, 0.3) is 0 Å². The van der Waals surface area contributed by atoms with Gasteiger partial charge in [0.1, 0.15) is 12.1 Å². The topological polar surface area (TPSA) is 86.7 Å². The fourth-order valence-corrected chi connectivity index (χ4v) is 2.95. The van der Waals surface area contributed by atoms with Gasteiger partial charge in [0, 0.05) is 0 Å². The van der Waals surface area contributed by atoms with Gasteiger partial charge in [-0.25, -0.2) is 4.79 Å². The molecule has 6 nitrogen and oxygen atoms in total. The molecule has 0 aromatic carbocycles. The Bertz CT molecular complexity index is 390. The van der Waals surface area contributed by atoms with Crippen molar-refractivity contribution in [3.8, 4) is 0 Å². The van der Waals surface area contributed by atoms with Crippen molar-refractivity contribution in [2.24, 2.45) is 5.92 Å². The second-order valence-corrected chi connectivity index (χ2v) is 5.25. The predicted octanol–water partition coefficient (Wildman–Crippen LogP) is 0.962. The van der Waals surface area contributed by atoms with E-state index in [0.717, 1.165) is 37.0 Å². The molecule has 1 saturated carbocycles. The highest BCUT2D eigenvalue weighted by Gasteiger charge is 2.52. The zero-order chi connectivity index (χ0) is 13.3. The van der Waals surface area contributed by atoms with Gasteiger partial charge >= 0.3 is 12.0 Å². The lowest BCUT2D eigenvalue weighted by Crippen LogP contribution is -2.51. The lowest BCUT2D eigenvalue weighted by Gasteiger charge is -2.34. The number of nitrogens with zero attached hydrogens (tertiary/aromatic N) is 1. The van der Waals surface area contributed by atoms with Gasteiger partial charge in [-0.05, 0) is 25.7 Å². The highest BCUT2D eigenvalue weighted by atomic mass is 16.4. The number of carboxylic acid groups (broad SMARTS) is 1. The third-order valence-electron chi connectivity index (χ3n) is 4.02. The largest absolute Gasteiger partial charge is 0.480 e. The second kappa shape index (κ2) is 4.59. The van der Waals surface area contributed by atoms with E-state index in [0.29, 0.717) is 0 Å². The van der Waals surface area contributed by atoms with E-state index in [2.05, 4.69) is 5.32 Å². The van der Waals surface area contributed by atoms with Crippen LogP contribution >= 0.6 is 0 Å². The van der Waals surface area contributed by atoms with Gasteiger partial charge in [-0.2, -0.15) is 0 Å². The molecule has 0 spiro atoms. The highest BCUT2D eigenvalue weighted by Crippen LogP contribution is 2.36. The first-order valence-corrected chi connectivity index (χ1v) is 6.31. The zero-order valence-corrected chi connectivity index (χ0v) is 10.4. The number of hydrogen-bond donors (Lipinski definition) is 2. The van der Waals surface area contributed by atoms with Gasteiger partial charge < -0.3 is 10.4 Å². The number of hydrogen-bond acceptors (Lipinski definition) is 3. The third-order valence-corrected chi connectivity index (χ3v) is 4.02. The number of carbonyl (C=O) groups excluding carboxylic acids is 2. The Kier molecular flexibility index (Phi) is 3.28. The van der Waals surface area contributed by atoms with E-state index in [1.807, 2.05) is 0 Å². The lowest BCUT2D eigenvalue weighted by atomic mass is 9.75. The summed E-state index contributed by atoms with van der Waals surface area (Å²) in [5.41, 5.74) is -0.924. The minimum Gasteiger partial charge on any atom is -0.480 e. The molecule has 1 saturated heterocycles. The Balaban J connectivity index is 2.16. The van der Waals surface area contributed by atoms with E-state index in [9.17, 15) is 14.4 Å². The van der Waals surface area contributed by atoms with Gasteiger partial charge in [-0.1, -0.05) is 19.3 Å². The molecule has 3 amide bonds. The zero-order valence-electron chi connectivity index (χ0n) is 10.4. The van der Waals surface area contributed by atoms with Crippen LogP contribution in [0.2, 0.25) is 0 Å². The van der Waals surface area contributed by atoms with Crippen molar-refractivity contribution in [2.45, 2.75) is 44.6 Å². The van der Waals surface area contributed by atoms with Gasteiger partial charge in [0.2, 0.25) is 0 Å². The smallest absolute Gasteiger partial charge is 0.325 e. The average molecular weight is 254 g/mol. The SMILES string of the molecule is CC1(C2CCCCC2)NC(=O)N(CC(=O)O)C1=O. The molecule has 6 heteroatoms. The van der Waals surface area contributed by atoms with E-state index in [1.165, 1.54) is 0 Å². The molecule has 2 rings (SSSR count). The van der Waals surface area contributed by atoms with Crippen molar-refractivity contribution in [1.82, 2.24) is 10.2 Å². The maximum Gasteiger partial charge on any atom is 0.325 e. The van der Waals surface area contributed by atoms with Crippen LogP contribution in [0.3, 0.4) is 0 Å². The predicted molar refractivity (Wildman–Crippen MR) is 62.9 cm³/mol. The maximum atomic E-state index is 12.3. The summed E-state index contributed by atoms with van der Waals surface area (Å²) in [6.07, 6.45) is 5.09. The molecular weight excluding hydrogens is 236 g/mol. The summed E-state index contributed by atoms with van der Waals surface area (Å²) < 4.78 is 0. The lowest BCUT2D eigenvalue weighted by molar-refractivity contribution is -0.143. The maximum absolute atomic E-state index is 12.3. The number of imide groups is 1. The molecule has 1 heterocycles.